The standard InChI is InChI=1S/C19H20BrFN2O/c1-12-6-5-7-13(2)18(12)24-17-8-14-10-22-23(11-19(3,4)21)16(14)9-15(17)20/h5-10H,11H2,1-4H3. The fourth-order valence-corrected chi connectivity index (χ4v) is 3.12. The zero-order chi connectivity index (χ0) is 17.5. The van der Waals surface area contributed by atoms with Crippen LogP contribution in [0.5, 0.6) is 11.5 Å². The lowest BCUT2D eigenvalue weighted by atomic mass is 10.1. The Morgan fingerprint density at radius 1 is 1.21 bits per heavy atom. The fourth-order valence-electron chi connectivity index (χ4n) is 2.71. The number of aromatic nitrogens is 2. The molecule has 5 heteroatoms. The Labute approximate surface area is 149 Å². The SMILES string of the molecule is Cc1cccc(C)c1Oc1cc2cnn(CC(C)(C)F)c2cc1Br. The van der Waals surface area contributed by atoms with Crippen LogP contribution < -0.4 is 4.74 Å². The van der Waals surface area contributed by atoms with Gasteiger partial charge in [-0.2, -0.15) is 5.10 Å². The van der Waals surface area contributed by atoms with Gasteiger partial charge in [0.25, 0.3) is 0 Å². The van der Waals surface area contributed by atoms with Crippen LogP contribution in [0.15, 0.2) is 41.0 Å². The van der Waals surface area contributed by atoms with Crippen molar-refractivity contribution in [1.29, 1.82) is 0 Å². The van der Waals surface area contributed by atoms with E-state index in [1.54, 1.807) is 24.7 Å². The predicted octanol–water partition coefficient (Wildman–Crippen LogP) is 5.96. The van der Waals surface area contributed by atoms with Crippen LogP contribution in [0.3, 0.4) is 0 Å². The minimum Gasteiger partial charge on any atom is -0.456 e. The number of para-hydroxylation sites is 1. The van der Waals surface area contributed by atoms with Crippen LogP contribution >= 0.6 is 15.9 Å². The number of aryl methyl sites for hydroxylation is 2. The van der Waals surface area contributed by atoms with Crippen LogP contribution in [0.4, 0.5) is 4.39 Å². The Morgan fingerprint density at radius 3 is 2.50 bits per heavy atom. The molecule has 0 fully saturated rings. The molecule has 2 aromatic carbocycles. The first-order chi connectivity index (χ1) is 11.2. The lowest BCUT2D eigenvalue weighted by molar-refractivity contribution is 0.182. The van der Waals surface area contributed by atoms with Gasteiger partial charge in [-0.05, 0) is 66.9 Å². The molecule has 1 heterocycles. The summed E-state index contributed by atoms with van der Waals surface area (Å²) in [5.41, 5.74) is 1.72. The summed E-state index contributed by atoms with van der Waals surface area (Å²) in [4.78, 5) is 0. The van der Waals surface area contributed by atoms with Crippen LogP contribution in [0.25, 0.3) is 10.9 Å². The van der Waals surface area contributed by atoms with E-state index in [2.05, 4.69) is 21.0 Å². The summed E-state index contributed by atoms with van der Waals surface area (Å²) in [5, 5.41) is 5.23. The molecule has 0 saturated heterocycles. The van der Waals surface area contributed by atoms with Gasteiger partial charge in [-0.1, -0.05) is 18.2 Å². The third kappa shape index (κ3) is 3.46. The van der Waals surface area contributed by atoms with Crippen molar-refractivity contribution in [3.8, 4) is 11.5 Å². The second kappa shape index (κ2) is 6.20. The lowest BCUT2D eigenvalue weighted by Gasteiger charge is -2.15. The minimum atomic E-state index is -1.32. The average molecular weight is 391 g/mol. The van der Waals surface area contributed by atoms with E-state index >= 15 is 0 Å². The molecule has 3 rings (SSSR count). The highest BCUT2D eigenvalue weighted by molar-refractivity contribution is 9.10. The molecule has 0 amide bonds. The van der Waals surface area contributed by atoms with Crippen molar-refractivity contribution in [1.82, 2.24) is 9.78 Å². The quantitative estimate of drug-likeness (QED) is 0.549. The van der Waals surface area contributed by atoms with Crippen molar-refractivity contribution in [2.45, 2.75) is 39.9 Å². The minimum absolute atomic E-state index is 0.208. The molecule has 0 aliphatic rings. The molecule has 0 spiro atoms. The molecule has 0 unspecified atom stereocenters. The first kappa shape index (κ1) is 17.0. The number of fused-ring (bicyclic) bond motifs is 1. The number of halogens is 2. The third-order valence-electron chi connectivity index (χ3n) is 3.84. The van der Waals surface area contributed by atoms with Gasteiger partial charge in [0.2, 0.25) is 0 Å². The molecule has 24 heavy (non-hydrogen) atoms. The number of rotatable bonds is 4. The first-order valence-corrected chi connectivity index (χ1v) is 8.62. The maximum Gasteiger partial charge on any atom is 0.142 e. The summed E-state index contributed by atoms with van der Waals surface area (Å²) < 4.78 is 22.6. The maximum atomic E-state index is 13.9. The Balaban J connectivity index is 2.00. The molecule has 0 bridgehead atoms. The van der Waals surface area contributed by atoms with Gasteiger partial charge in [0.1, 0.15) is 17.2 Å². The molecule has 0 atom stereocenters. The Kier molecular flexibility index (Phi) is 4.38. The van der Waals surface area contributed by atoms with Crippen molar-refractivity contribution in [3.63, 3.8) is 0 Å². The van der Waals surface area contributed by atoms with E-state index < -0.39 is 5.67 Å². The lowest BCUT2D eigenvalue weighted by Crippen LogP contribution is -2.21. The molecule has 0 saturated carbocycles. The van der Waals surface area contributed by atoms with Crippen molar-refractivity contribution >= 4 is 26.8 Å². The summed E-state index contributed by atoms with van der Waals surface area (Å²) in [6.45, 7) is 7.36. The van der Waals surface area contributed by atoms with Crippen LogP contribution in [0.1, 0.15) is 25.0 Å². The number of ether oxygens (including phenoxy) is 1. The highest BCUT2D eigenvalue weighted by Crippen LogP contribution is 2.36. The van der Waals surface area contributed by atoms with Crippen LogP contribution in [0, 0.1) is 13.8 Å². The van der Waals surface area contributed by atoms with Crippen molar-refractivity contribution < 1.29 is 9.13 Å². The van der Waals surface area contributed by atoms with E-state index in [0.29, 0.717) is 0 Å². The third-order valence-corrected chi connectivity index (χ3v) is 4.46. The van der Waals surface area contributed by atoms with Crippen LogP contribution in [-0.2, 0) is 6.54 Å². The van der Waals surface area contributed by atoms with Gasteiger partial charge in [0.15, 0.2) is 0 Å². The number of hydrogen-bond acceptors (Lipinski definition) is 2. The van der Waals surface area contributed by atoms with Crippen molar-refractivity contribution in [2.75, 3.05) is 0 Å². The zero-order valence-electron chi connectivity index (χ0n) is 14.2. The topological polar surface area (TPSA) is 27.1 Å². The van der Waals surface area contributed by atoms with Crippen LogP contribution in [0.2, 0.25) is 0 Å². The molecular formula is C19H20BrFN2O. The molecular weight excluding hydrogens is 371 g/mol. The Hall–Kier alpha value is -1.88. The van der Waals surface area contributed by atoms with E-state index in [-0.39, 0.29) is 6.54 Å². The number of hydrogen-bond donors (Lipinski definition) is 0. The predicted molar refractivity (Wildman–Crippen MR) is 98.6 cm³/mol. The van der Waals surface area contributed by atoms with Gasteiger partial charge in [-0.15, -0.1) is 0 Å². The smallest absolute Gasteiger partial charge is 0.142 e. The van der Waals surface area contributed by atoms with E-state index in [9.17, 15) is 4.39 Å². The summed E-state index contributed by atoms with van der Waals surface area (Å²) >= 11 is 3.56. The number of nitrogens with zero attached hydrogens (tertiary/aromatic N) is 2. The second-order valence-corrected chi connectivity index (χ2v) is 7.54. The largest absolute Gasteiger partial charge is 0.456 e. The van der Waals surface area contributed by atoms with E-state index in [0.717, 1.165) is 38.0 Å². The van der Waals surface area contributed by atoms with Gasteiger partial charge < -0.3 is 4.74 Å². The molecule has 3 nitrogen and oxygen atoms in total. The van der Waals surface area contributed by atoms with Gasteiger partial charge in [-0.3, -0.25) is 4.68 Å². The Morgan fingerprint density at radius 2 is 1.88 bits per heavy atom. The monoisotopic (exact) mass is 390 g/mol. The van der Waals surface area contributed by atoms with Crippen molar-refractivity contribution in [3.05, 3.63) is 52.1 Å². The number of alkyl halides is 1. The molecule has 0 aliphatic carbocycles. The highest BCUT2D eigenvalue weighted by atomic mass is 79.9. The maximum absolute atomic E-state index is 13.9. The first-order valence-electron chi connectivity index (χ1n) is 7.83. The fraction of sp³-hybridized carbons (Fsp3) is 0.316. The summed E-state index contributed by atoms with van der Waals surface area (Å²) in [7, 11) is 0. The zero-order valence-corrected chi connectivity index (χ0v) is 15.8. The average Bonchev–Trinajstić information content (AvgIpc) is 2.83. The molecule has 0 N–H and O–H groups in total. The van der Waals surface area contributed by atoms with Gasteiger partial charge in [0, 0.05) is 5.39 Å². The summed E-state index contributed by atoms with van der Waals surface area (Å²) in [5.74, 6) is 1.58. The summed E-state index contributed by atoms with van der Waals surface area (Å²) in [6.07, 6.45) is 1.74. The van der Waals surface area contributed by atoms with E-state index in [1.807, 2.05) is 44.2 Å². The molecule has 1 aromatic heterocycles. The van der Waals surface area contributed by atoms with Crippen LogP contribution in [-0.4, -0.2) is 15.4 Å². The van der Waals surface area contributed by atoms with E-state index in [1.165, 1.54) is 0 Å². The molecule has 126 valence electrons. The van der Waals surface area contributed by atoms with E-state index in [4.69, 9.17) is 4.74 Å². The van der Waals surface area contributed by atoms with Gasteiger partial charge >= 0.3 is 0 Å². The van der Waals surface area contributed by atoms with Gasteiger partial charge in [-0.25, -0.2) is 4.39 Å². The Bertz CT molecular complexity index is 876. The normalized spacial score (nSPS) is 11.9. The second-order valence-electron chi connectivity index (χ2n) is 6.69. The highest BCUT2D eigenvalue weighted by Gasteiger charge is 2.19. The van der Waals surface area contributed by atoms with Gasteiger partial charge in [0.05, 0.1) is 22.7 Å². The molecule has 0 radical (unpaired) electrons. The molecule has 3 aromatic rings. The molecule has 0 aliphatic heterocycles. The van der Waals surface area contributed by atoms with Crippen molar-refractivity contribution in [2.24, 2.45) is 0 Å². The number of benzene rings is 2. The summed E-state index contributed by atoms with van der Waals surface area (Å²) in [6, 6.07) is 9.92.